The van der Waals surface area contributed by atoms with Crippen molar-refractivity contribution in [2.75, 3.05) is 13.1 Å². The fourth-order valence-corrected chi connectivity index (χ4v) is 3.84. The van der Waals surface area contributed by atoms with Crippen LogP contribution in [0.3, 0.4) is 0 Å². The number of carbonyl (C=O) groups excluding carboxylic acids is 2. The zero-order chi connectivity index (χ0) is 23.5. The fraction of sp³-hybridized carbons (Fsp3) is 0.360. The summed E-state index contributed by atoms with van der Waals surface area (Å²) in [5, 5.41) is 11.0. The number of rotatable bonds is 4. The van der Waals surface area contributed by atoms with Gasteiger partial charge in [-0.2, -0.15) is 0 Å². The summed E-state index contributed by atoms with van der Waals surface area (Å²) in [4.78, 5) is 26.6. The summed E-state index contributed by atoms with van der Waals surface area (Å²) in [6, 6.07) is 9.25. The zero-order valence-electron chi connectivity index (χ0n) is 18.4. The molecule has 1 aliphatic rings. The van der Waals surface area contributed by atoms with Crippen LogP contribution in [0.4, 0.5) is 9.18 Å². The maximum Gasteiger partial charge on any atom is 0.410 e. The van der Waals surface area contributed by atoms with Crippen LogP contribution in [-0.2, 0) is 4.74 Å². The number of aromatic hydroxyl groups is 1. The van der Waals surface area contributed by atoms with Gasteiger partial charge in [0.15, 0.2) is 5.78 Å². The minimum Gasteiger partial charge on any atom is -0.507 e. The van der Waals surface area contributed by atoms with E-state index in [-0.39, 0.29) is 33.9 Å². The highest BCUT2D eigenvalue weighted by atomic mass is 35.5. The number of hydrogen-bond acceptors (Lipinski definition) is 4. The Hall–Kier alpha value is -2.86. The first-order valence-electron chi connectivity index (χ1n) is 10.5. The molecule has 0 bridgehead atoms. The van der Waals surface area contributed by atoms with Crippen LogP contribution in [0.1, 0.15) is 61.0 Å². The Morgan fingerprint density at radius 2 is 1.88 bits per heavy atom. The van der Waals surface area contributed by atoms with E-state index in [0.29, 0.717) is 31.5 Å². The fourth-order valence-electron chi connectivity index (χ4n) is 3.68. The minimum absolute atomic E-state index is 0.0131. The predicted octanol–water partition coefficient (Wildman–Crippen LogP) is 6.20. The highest BCUT2D eigenvalue weighted by Gasteiger charge is 2.29. The van der Waals surface area contributed by atoms with Gasteiger partial charge in [-0.15, -0.1) is 0 Å². The number of ether oxygens (including phenoxy) is 1. The Morgan fingerprint density at radius 1 is 1.19 bits per heavy atom. The van der Waals surface area contributed by atoms with Gasteiger partial charge in [0.2, 0.25) is 0 Å². The van der Waals surface area contributed by atoms with Crippen LogP contribution < -0.4 is 0 Å². The Kier molecular flexibility index (Phi) is 7.24. The van der Waals surface area contributed by atoms with Crippen LogP contribution in [0.2, 0.25) is 5.02 Å². The maximum atomic E-state index is 13.9. The van der Waals surface area contributed by atoms with Gasteiger partial charge < -0.3 is 14.7 Å². The van der Waals surface area contributed by atoms with E-state index in [0.717, 1.165) is 0 Å². The molecule has 170 valence electrons. The lowest BCUT2D eigenvalue weighted by atomic mass is 9.87. The molecular formula is C25H27ClFNO4. The molecule has 0 aliphatic carbocycles. The molecule has 1 heterocycles. The molecule has 5 nitrogen and oxygen atoms in total. The summed E-state index contributed by atoms with van der Waals surface area (Å²) < 4.78 is 19.4. The van der Waals surface area contributed by atoms with Gasteiger partial charge in [0.05, 0.1) is 5.56 Å². The Balaban J connectivity index is 1.70. The van der Waals surface area contributed by atoms with Crippen molar-refractivity contribution in [3.05, 3.63) is 70.0 Å². The van der Waals surface area contributed by atoms with E-state index < -0.39 is 17.2 Å². The highest BCUT2D eigenvalue weighted by molar-refractivity contribution is 6.30. The van der Waals surface area contributed by atoms with Crippen LogP contribution >= 0.6 is 11.6 Å². The van der Waals surface area contributed by atoms with Gasteiger partial charge >= 0.3 is 6.09 Å². The van der Waals surface area contributed by atoms with E-state index in [1.165, 1.54) is 30.4 Å². The van der Waals surface area contributed by atoms with E-state index in [9.17, 15) is 19.1 Å². The number of allylic oxidation sites excluding steroid dienone is 1. The molecule has 32 heavy (non-hydrogen) atoms. The summed E-state index contributed by atoms with van der Waals surface area (Å²) in [7, 11) is 0. The number of benzene rings is 2. The molecule has 2 aromatic rings. The van der Waals surface area contributed by atoms with E-state index in [2.05, 4.69) is 0 Å². The number of amides is 1. The number of para-hydroxylation sites is 1. The molecule has 1 saturated heterocycles. The molecule has 0 aromatic heterocycles. The smallest absolute Gasteiger partial charge is 0.410 e. The van der Waals surface area contributed by atoms with Gasteiger partial charge in [-0.3, -0.25) is 4.79 Å². The van der Waals surface area contributed by atoms with E-state index >= 15 is 0 Å². The molecule has 0 unspecified atom stereocenters. The summed E-state index contributed by atoms with van der Waals surface area (Å²) in [6.07, 6.45) is 3.55. The van der Waals surface area contributed by atoms with Crippen LogP contribution in [-0.4, -0.2) is 40.6 Å². The lowest BCUT2D eigenvalue weighted by Gasteiger charge is -2.33. The first-order valence-corrected chi connectivity index (χ1v) is 10.9. The monoisotopic (exact) mass is 459 g/mol. The number of ketones is 1. The average Bonchev–Trinajstić information content (AvgIpc) is 2.72. The van der Waals surface area contributed by atoms with Crippen molar-refractivity contribution in [2.24, 2.45) is 0 Å². The van der Waals surface area contributed by atoms with Crippen molar-refractivity contribution in [1.29, 1.82) is 0 Å². The third-order valence-electron chi connectivity index (χ3n) is 5.30. The molecule has 0 radical (unpaired) electrons. The quantitative estimate of drug-likeness (QED) is 0.437. The van der Waals surface area contributed by atoms with Crippen molar-refractivity contribution in [2.45, 2.75) is 45.1 Å². The van der Waals surface area contributed by atoms with Crippen molar-refractivity contribution in [3.63, 3.8) is 0 Å². The standard InChI is InChI=1S/C25H27ClFNO4/c1-25(2,3)32-24(31)28-13-11-16(12-14-28)19-5-4-6-20(23(19)30)22(29)10-8-17-7-9-18(26)15-21(17)27/h4-10,15-16,30H,11-14H2,1-3H3. The van der Waals surface area contributed by atoms with E-state index in [1.807, 2.05) is 20.8 Å². The summed E-state index contributed by atoms with van der Waals surface area (Å²) in [6.45, 7) is 6.50. The zero-order valence-corrected chi connectivity index (χ0v) is 19.2. The molecule has 0 atom stereocenters. The topological polar surface area (TPSA) is 66.8 Å². The first kappa shape index (κ1) is 23.8. The Morgan fingerprint density at radius 3 is 2.50 bits per heavy atom. The second kappa shape index (κ2) is 9.74. The highest BCUT2D eigenvalue weighted by Crippen LogP contribution is 2.36. The van der Waals surface area contributed by atoms with Gasteiger partial charge in [-0.1, -0.05) is 29.8 Å². The molecule has 2 aromatic carbocycles. The number of nitrogens with zero attached hydrogens (tertiary/aromatic N) is 1. The van der Waals surface area contributed by atoms with Crippen LogP contribution in [0.25, 0.3) is 6.08 Å². The molecule has 1 amide bonds. The molecule has 1 N–H and O–H groups in total. The number of halogens is 2. The van der Waals surface area contributed by atoms with Crippen LogP contribution in [0.15, 0.2) is 42.5 Å². The number of phenolic OH excluding ortho intramolecular Hbond substituents is 1. The number of piperidine rings is 1. The SMILES string of the molecule is CC(C)(C)OC(=O)N1CCC(c2cccc(C(=O)C=Cc3ccc(Cl)cc3F)c2O)CC1. The Bertz CT molecular complexity index is 1040. The minimum atomic E-state index is -0.552. The van der Waals surface area contributed by atoms with Crippen LogP contribution in [0.5, 0.6) is 5.75 Å². The van der Waals surface area contributed by atoms with Crippen LogP contribution in [0, 0.1) is 5.82 Å². The maximum absolute atomic E-state index is 13.9. The van der Waals surface area contributed by atoms with Crippen molar-refractivity contribution < 1.29 is 23.8 Å². The third-order valence-corrected chi connectivity index (χ3v) is 5.53. The summed E-state index contributed by atoms with van der Waals surface area (Å²) >= 11 is 5.75. The molecular weight excluding hydrogens is 433 g/mol. The Labute approximate surface area is 192 Å². The molecule has 1 fully saturated rings. The van der Waals surface area contributed by atoms with Gasteiger partial charge in [0, 0.05) is 23.7 Å². The van der Waals surface area contributed by atoms with Gasteiger partial charge in [0.25, 0.3) is 0 Å². The first-order chi connectivity index (χ1) is 15.0. The number of hydrogen-bond donors (Lipinski definition) is 1. The third kappa shape index (κ3) is 5.88. The predicted molar refractivity (Wildman–Crippen MR) is 123 cm³/mol. The van der Waals surface area contributed by atoms with Crippen molar-refractivity contribution >= 4 is 29.6 Å². The number of phenols is 1. The number of carbonyl (C=O) groups is 2. The second-order valence-corrected chi connectivity index (χ2v) is 9.28. The van der Waals surface area contributed by atoms with E-state index in [1.54, 1.807) is 23.1 Å². The summed E-state index contributed by atoms with van der Waals surface area (Å²) in [5.41, 5.74) is 0.505. The molecule has 1 aliphatic heterocycles. The molecule has 0 spiro atoms. The summed E-state index contributed by atoms with van der Waals surface area (Å²) in [5.74, 6) is -1.02. The van der Waals surface area contributed by atoms with E-state index in [4.69, 9.17) is 16.3 Å². The van der Waals surface area contributed by atoms with Gasteiger partial charge in [-0.25, -0.2) is 9.18 Å². The molecule has 0 saturated carbocycles. The van der Waals surface area contributed by atoms with Gasteiger partial charge in [0.1, 0.15) is 17.2 Å². The molecule has 3 rings (SSSR count). The lowest BCUT2D eigenvalue weighted by molar-refractivity contribution is 0.0204. The lowest BCUT2D eigenvalue weighted by Crippen LogP contribution is -2.41. The van der Waals surface area contributed by atoms with Gasteiger partial charge in [-0.05, 0) is 75.4 Å². The van der Waals surface area contributed by atoms with Crippen molar-refractivity contribution in [3.8, 4) is 5.75 Å². The normalized spacial score (nSPS) is 15.2. The molecule has 7 heteroatoms. The average molecular weight is 460 g/mol. The number of likely N-dealkylation sites (tertiary alicyclic amines) is 1. The second-order valence-electron chi connectivity index (χ2n) is 8.85. The largest absolute Gasteiger partial charge is 0.507 e. The van der Waals surface area contributed by atoms with Crippen molar-refractivity contribution in [1.82, 2.24) is 4.90 Å².